The smallest absolute Gasteiger partial charge is 0.243 e. The zero-order chi connectivity index (χ0) is 29.5. The van der Waals surface area contributed by atoms with E-state index in [4.69, 9.17) is 13.9 Å². The highest BCUT2D eigenvalue weighted by atomic mass is 32.2. The number of nitrogens with zero attached hydrogens (tertiary/aromatic N) is 2. The number of unbranched alkanes of at least 4 members (excludes halogenated alkanes) is 1. The Morgan fingerprint density at radius 2 is 1.66 bits per heavy atom. The number of benzene rings is 2. The number of sulfonamides is 1. The van der Waals surface area contributed by atoms with Gasteiger partial charge in [0.25, 0.3) is 0 Å². The molecular formula is C32H42N2O6S. The topological polar surface area (TPSA) is 89.3 Å². The summed E-state index contributed by atoms with van der Waals surface area (Å²) in [7, 11) is -3.61. The third kappa shape index (κ3) is 8.44. The maximum Gasteiger partial charge on any atom is 0.243 e. The lowest BCUT2D eigenvalue weighted by atomic mass is 9.87. The maximum absolute atomic E-state index is 13.3. The van der Waals surface area contributed by atoms with E-state index in [1.165, 1.54) is 22.2 Å². The molecule has 3 aromatic rings. The second-order valence-corrected chi connectivity index (χ2v) is 13.5. The minimum absolute atomic E-state index is 0.0751. The summed E-state index contributed by atoms with van der Waals surface area (Å²) >= 11 is 0. The van der Waals surface area contributed by atoms with E-state index in [2.05, 4.69) is 44.7 Å². The highest BCUT2D eigenvalue weighted by Gasteiger charge is 2.27. The summed E-state index contributed by atoms with van der Waals surface area (Å²) in [6.45, 7) is 11.9. The van der Waals surface area contributed by atoms with Gasteiger partial charge in [0, 0.05) is 25.7 Å². The Morgan fingerprint density at radius 3 is 2.32 bits per heavy atom. The fourth-order valence-corrected chi connectivity index (χ4v) is 6.12. The molecule has 2 heterocycles. The maximum atomic E-state index is 13.3. The van der Waals surface area contributed by atoms with Crippen molar-refractivity contribution in [3.05, 3.63) is 88.0 Å². The van der Waals surface area contributed by atoms with E-state index in [-0.39, 0.29) is 28.1 Å². The standard InChI is InChI=1S/C32H42N2O6S/c1-5-6-20-38-27-12-14-29(15-13-27)41(36,37)34-17-7-16-33(18-19-34)22-28-21-30(35)31(24-39-28)40-23-25-8-10-26(11-9-25)32(2,3)4/h8-15,21,24H,5-7,16-20,22-23H2,1-4H3. The monoisotopic (exact) mass is 582 g/mol. The minimum atomic E-state index is -3.61. The normalized spacial score (nSPS) is 15.4. The molecule has 0 bridgehead atoms. The molecule has 222 valence electrons. The summed E-state index contributed by atoms with van der Waals surface area (Å²) in [5.74, 6) is 1.36. The fraction of sp³-hybridized carbons (Fsp3) is 0.469. The van der Waals surface area contributed by atoms with Crippen molar-refractivity contribution >= 4 is 10.0 Å². The minimum Gasteiger partial charge on any atom is -0.494 e. The van der Waals surface area contributed by atoms with E-state index in [1.54, 1.807) is 24.3 Å². The average Bonchev–Trinajstić information content (AvgIpc) is 3.19. The van der Waals surface area contributed by atoms with E-state index in [0.717, 1.165) is 18.4 Å². The van der Waals surface area contributed by atoms with Crippen molar-refractivity contribution in [1.82, 2.24) is 9.21 Å². The molecule has 1 aliphatic rings. The molecule has 0 atom stereocenters. The van der Waals surface area contributed by atoms with Gasteiger partial charge in [-0.15, -0.1) is 0 Å². The van der Waals surface area contributed by atoms with Gasteiger partial charge in [-0.05, 0) is 60.2 Å². The van der Waals surface area contributed by atoms with Gasteiger partial charge in [0.15, 0.2) is 0 Å². The predicted octanol–water partition coefficient (Wildman–Crippen LogP) is 5.59. The Balaban J connectivity index is 1.30. The summed E-state index contributed by atoms with van der Waals surface area (Å²) < 4.78 is 45.2. The van der Waals surface area contributed by atoms with Gasteiger partial charge < -0.3 is 13.9 Å². The number of rotatable bonds is 11. The first-order chi connectivity index (χ1) is 19.6. The quantitative estimate of drug-likeness (QED) is 0.272. The van der Waals surface area contributed by atoms with Gasteiger partial charge in [-0.25, -0.2) is 8.42 Å². The van der Waals surface area contributed by atoms with E-state index in [1.807, 2.05) is 12.1 Å². The van der Waals surface area contributed by atoms with Crippen LogP contribution in [0.3, 0.4) is 0 Å². The van der Waals surface area contributed by atoms with Crippen LogP contribution in [-0.2, 0) is 28.6 Å². The first-order valence-corrected chi connectivity index (χ1v) is 15.8. The van der Waals surface area contributed by atoms with Gasteiger partial charge in [0.1, 0.15) is 24.4 Å². The number of ether oxygens (including phenoxy) is 2. The number of hydrogen-bond acceptors (Lipinski definition) is 7. The van der Waals surface area contributed by atoms with Crippen LogP contribution in [0.25, 0.3) is 0 Å². The lowest BCUT2D eigenvalue weighted by Gasteiger charge is -2.21. The van der Waals surface area contributed by atoms with E-state index < -0.39 is 10.0 Å². The molecule has 1 aromatic heterocycles. The zero-order valence-electron chi connectivity index (χ0n) is 24.6. The van der Waals surface area contributed by atoms with Crippen molar-refractivity contribution in [2.45, 2.75) is 70.4 Å². The number of hydrogen-bond donors (Lipinski definition) is 0. The summed E-state index contributed by atoms with van der Waals surface area (Å²) in [6.07, 6.45) is 4.04. The highest BCUT2D eigenvalue weighted by Crippen LogP contribution is 2.23. The molecule has 9 heteroatoms. The molecule has 1 fully saturated rings. The van der Waals surface area contributed by atoms with Crippen molar-refractivity contribution in [1.29, 1.82) is 0 Å². The van der Waals surface area contributed by atoms with Crippen molar-refractivity contribution in [3.63, 3.8) is 0 Å². The van der Waals surface area contributed by atoms with Crippen LogP contribution in [0.5, 0.6) is 11.5 Å². The Bertz CT molecular complexity index is 1430. The molecule has 0 radical (unpaired) electrons. The third-order valence-electron chi connectivity index (χ3n) is 7.22. The summed E-state index contributed by atoms with van der Waals surface area (Å²) in [5.41, 5.74) is 2.05. The molecule has 0 unspecified atom stereocenters. The van der Waals surface area contributed by atoms with Crippen molar-refractivity contribution < 1.29 is 22.3 Å². The van der Waals surface area contributed by atoms with Gasteiger partial charge in [-0.1, -0.05) is 58.4 Å². The second kappa shape index (κ2) is 13.7. The fourth-order valence-electron chi connectivity index (χ4n) is 4.65. The SMILES string of the molecule is CCCCOc1ccc(S(=O)(=O)N2CCCN(Cc3cc(=O)c(OCc4ccc(C(C)(C)C)cc4)co3)CC2)cc1. The zero-order valence-corrected chi connectivity index (χ0v) is 25.4. The Kier molecular flexibility index (Phi) is 10.3. The summed E-state index contributed by atoms with van der Waals surface area (Å²) in [5, 5.41) is 0. The first kappa shape index (κ1) is 30.8. The Labute approximate surface area is 243 Å². The van der Waals surface area contributed by atoms with Crippen LogP contribution >= 0.6 is 0 Å². The molecule has 41 heavy (non-hydrogen) atoms. The molecule has 1 aliphatic heterocycles. The first-order valence-electron chi connectivity index (χ1n) is 14.4. The van der Waals surface area contributed by atoms with Crippen LogP contribution in [0, 0.1) is 0 Å². The van der Waals surface area contributed by atoms with E-state index >= 15 is 0 Å². The molecule has 0 saturated carbocycles. The molecule has 2 aromatic carbocycles. The molecule has 0 spiro atoms. The second-order valence-electron chi connectivity index (χ2n) is 11.5. The molecule has 0 N–H and O–H groups in total. The molecule has 0 aliphatic carbocycles. The van der Waals surface area contributed by atoms with Crippen molar-refractivity contribution in [3.8, 4) is 11.5 Å². The Hall–Kier alpha value is -3.14. The highest BCUT2D eigenvalue weighted by molar-refractivity contribution is 7.89. The average molecular weight is 583 g/mol. The van der Waals surface area contributed by atoms with Gasteiger partial charge in [0.2, 0.25) is 21.2 Å². The van der Waals surface area contributed by atoms with Crippen LogP contribution in [0.2, 0.25) is 0 Å². The lowest BCUT2D eigenvalue weighted by Crippen LogP contribution is -2.35. The molecule has 4 rings (SSSR count). The Morgan fingerprint density at radius 1 is 0.927 bits per heavy atom. The van der Waals surface area contributed by atoms with E-state index in [9.17, 15) is 13.2 Å². The predicted molar refractivity (Wildman–Crippen MR) is 160 cm³/mol. The molecular weight excluding hydrogens is 540 g/mol. The van der Waals surface area contributed by atoms with Gasteiger partial charge in [-0.2, -0.15) is 4.31 Å². The molecule has 1 saturated heterocycles. The molecule has 0 amide bonds. The van der Waals surface area contributed by atoms with Gasteiger partial charge in [0.05, 0.1) is 18.0 Å². The van der Waals surface area contributed by atoms with Crippen LogP contribution in [0.15, 0.2) is 75.0 Å². The van der Waals surface area contributed by atoms with E-state index in [0.29, 0.717) is 57.3 Å². The van der Waals surface area contributed by atoms with Crippen LogP contribution in [-0.4, -0.2) is 50.4 Å². The lowest BCUT2D eigenvalue weighted by molar-refractivity contribution is 0.245. The third-order valence-corrected chi connectivity index (χ3v) is 9.13. The van der Waals surface area contributed by atoms with Crippen LogP contribution < -0.4 is 14.9 Å². The summed E-state index contributed by atoms with van der Waals surface area (Å²) in [4.78, 5) is 15.1. The molecule has 8 nitrogen and oxygen atoms in total. The van der Waals surface area contributed by atoms with Crippen LogP contribution in [0.4, 0.5) is 0 Å². The van der Waals surface area contributed by atoms with Crippen LogP contribution in [0.1, 0.15) is 63.8 Å². The largest absolute Gasteiger partial charge is 0.494 e. The van der Waals surface area contributed by atoms with Gasteiger partial charge in [-0.3, -0.25) is 9.69 Å². The van der Waals surface area contributed by atoms with Gasteiger partial charge >= 0.3 is 0 Å². The summed E-state index contributed by atoms with van der Waals surface area (Å²) in [6, 6.07) is 16.3. The van der Waals surface area contributed by atoms with Crippen molar-refractivity contribution in [2.75, 3.05) is 32.8 Å². The van der Waals surface area contributed by atoms with Crippen molar-refractivity contribution in [2.24, 2.45) is 0 Å².